The molecule has 1 aliphatic carbocycles. The van der Waals surface area contributed by atoms with Gasteiger partial charge in [0.2, 0.25) is 0 Å². The number of phenols is 1. The first-order valence-electron chi connectivity index (χ1n) is 12.9. The zero-order chi connectivity index (χ0) is 26.4. The highest BCUT2D eigenvalue weighted by Gasteiger charge is 2.29. The number of aliphatic hydroxyl groups excluding tert-OH is 1. The number of hydrogen-bond donors (Lipinski definition) is 2. The van der Waals surface area contributed by atoms with E-state index in [0.717, 1.165) is 59.0 Å². The third-order valence-corrected chi connectivity index (χ3v) is 7.76. The van der Waals surface area contributed by atoms with Gasteiger partial charge in [0.25, 0.3) is 6.47 Å². The van der Waals surface area contributed by atoms with Gasteiger partial charge in [-0.3, -0.25) is 9.59 Å². The van der Waals surface area contributed by atoms with Crippen molar-refractivity contribution in [2.75, 3.05) is 6.61 Å². The highest BCUT2D eigenvalue weighted by Crippen LogP contribution is 2.40. The van der Waals surface area contributed by atoms with Crippen molar-refractivity contribution < 1.29 is 24.5 Å². The molecule has 2 N–H and O–H groups in total. The summed E-state index contributed by atoms with van der Waals surface area (Å²) >= 11 is 0. The maximum Gasteiger partial charge on any atom is 0.293 e. The minimum Gasteiger partial charge on any atom is -0.508 e. The molecule has 6 nitrogen and oxygen atoms in total. The number of hydrogen-bond acceptors (Lipinski definition) is 6. The molecule has 3 rings (SSSR count). The lowest BCUT2D eigenvalue weighted by Gasteiger charge is -2.33. The predicted molar refractivity (Wildman–Crippen MR) is 142 cm³/mol. The number of ether oxygens (including phenoxy) is 1. The van der Waals surface area contributed by atoms with Crippen molar-refractivity contribution in [3.8, 4) is 5.75 Å². The van der Waals surface area contributed by atoms with Crippen LogP contribution in [0.5, 0.6) is 5.75 Å². The van der Waals surface area contributed by atoms with Crippen LogP contribution in [-0.2, 0) is 27.4 Å². The molecule has 0 saturated heterocycles. The Bertz CT molecular complexity index is 1180. The van der Waals surface area contributed by atoms with Crippen LogP contribution in [0.1, 0.15) is 77.1 Å². The maximum absolute atomic E-state index is 12.6. The molecule has 1 aromatic heterocycles. The Morgan fingerprint density at radius 2 is 1.94 bits per heavy atom. The molecule has 1 aliphatic rings. The van der Waals surface area contributed by atoms with E-state index >= 15 is 0 Å². The predicted octanol–water partition coefficient (Wildman–Crippen LogP) is 5.92. The number of Topliss-reactive ketones (excluding diaryl/α,β-unsaturated/α-hetero) is 1. The van der Waals surface area contributed by atoms with E-state index in [0.29, 0.717) is 29.4 Å². The second-order valence-electron chi connectivity index (χ2n) is 10.2. The van der Waals surface area contributed by atoms with Gasteiger partial charge < -0.3 is 14.9 Å². The van der Waals surface area contributed by atoms with Gasteiger partial charge in [-0.15, -0.1) is 0 Å². The molecule has 0 aliphatic heterocycles. The van der Waals surface area contributed by atoms with Gasteiger partial charge in [0.05, 0.1) is 17.8 Å². The molecule has 0 spiro atoms. The third-order valence-electron chi connectivity index (χ3n) is 7.76. The van der Waals surface area contributed by atoms with E-state index in [1.807, 2.05) is 13.0 Å². The van der Waals surface area contributed by atoms with E-state index in [-0.39, 0.29) is 30.7 Å². The molecule has 1 saturated carbocycles. The molecule has 1 heterocycles. The summed E-state index contributed by atoms with van der Waals surface area (Å²) in [6.45, 7) is 10.1. The van der Waals surface area contributed by atoms with Crippen LogP contribution >= 0.6 is 0 Å². The number of aromatic nitrogens is 1. The smallest absolute Gasteiger partial charge is 0.293 e. The Labute approximate surface area is 214 Å². The van der Waals surface area contributed by atoms with Crippen molar-refractivity contribution in [1.82, 2.24) is 4.98 Å². The fraction of sp³-hybridized carbons (Fsp3) is 0.500. The lowest BCUT2D eigenvalue weighted by Crippen LogP contribution is -2.23. The number of aromatic hydroxyl groups is 1. The molecule has 2 atom stereocenters. The van der Waals surface area contributed by atoms with Gasteiger partial charge in [-0.05, 0) is 91.3 Å². The molecule has 2 unspecified atom stereocenters. The van der Waals surface area contributed by atoms with Crippen LogP contribution in [-0.4, -0.2) is 34.1 Å². The average molecular weight is 494 g/mol. The van der Waals surface area contributed by atoms with E-state index < -0.39 is 0 Å². The molecule has 36 heavy (non-hydrogen) atoms. The molecule has 1 fully saturated rings. The van der Waals surface area contributed by atoms with E-state index in [2.05, 4.69) is 20.8 Å². The Balaban J connectivity index is 2.26. The number of carbonyl (C=O) groups is 2. The van der Waals surface area contributed by atoms with Crippen LogP contribution in [0.3, 0.4) is 0 Å². The van der Waals surface area contributed by atoms with Crippen molar-refractivity contribution >= 4 is 28.7 Å². The maximum atomic E-state index is 12.6. The Kier molecular flexibility index (Phi) is 9.43. The second-order valence-corrected chi connectivity index (χ2v) is 10.2. The SMILES string of the molecule is CCC(C)Cc1c(/C(C)=C/C(=C(/COC=O)C(C)=O)C(C)C2CCC2)nc2ccc(O)cc2c1CO. The number of allylic oxidation sites excluding steroid dienone is 3. The van der Waals surface area contributed by atoms with Crippen molar-refractivity contribution in [3.63, 3.8) is 0 Å². The largest absolute Gasteiger partial charge is 0.508 e. The fourth-order valence-corrected chi connectivity index (χ4v) is 5.07. The lowest BCUT2D eigenvalue weighted by molar-refractivity contribution is -0.128. The van der Waals surface area contributed by atoms with Crippen molar-refractivity contribution in [2.45, 2.75) is 73.3 Å². The normalized spacial score (nSPS) is 16.8. The van der Waals surface area contributed by atoms with Gasteiger partial charge in [0.1, 0.15) is 12.4 Å². The molecular formula is C30H39NO5. The van der Waals surface area contributed by atoms with Crippen molar-refractivity contribution in [2.24, 2.45) is 17.8 Å². The summed E-state index contributed by atoms with van der Waals surface area (Å²) in [5, 5.41) is 21.2. The first-order chi connectivity index (χ1) is 17.2. The number of aliphatic hydroxyl groups is 1. The summed E-state index contributed by atoms with van der Waals surface area (Å²) in [5.41, 5.74) is 5.51. The highest BCUT2D eigenvalue weighted by molar-refractivity contribution is 5.95. The minimum absolute atomic E-state index is 0.0545. The zero-order valence-corrected chi connectivity index (χ0v) is 22.1. The molecule has 6 heteroatoms. The van der Waals surface area contributed by atoms with Gasteiger partial charge in [0, 0.05) is 11.0 Å². The van der Waals surface area contributed by atoms with E-state index in [9.17, 15) is 19.8 Å². The van der Waals surface area contributed by atoms with Crippen LogP contribution in [0.2, 0.25) is 0 Å². The number of fused-ring (bicyclic) bond motifs is 1. The molecule has 2 aromatic rings. The van der Waals surface area contributed by atoms with Gasteiger partial charge in [-0.25, -0.2) is 4.98 Å². The number of ketones is 1. The fourth-order valence-electron chi connectivity index (χ4n) is 5.07. The lowest BCUT2D eigenvalue weighted by atomic mass is 9.72. The number of pyridine rings is 1. The van der Waals surface area contributed by atoms with Gasteiger partial charge in [-0.2, -0.15) is 0 Å². The number of benzene rings is 1. The van der Waals surface area contributed by atoms with E-state index in [1.54, 1.807) is 18.2 Å². The van der Waals surface area contributed by atoms with Gasteiger partial charge in [0.15, 0.2) is 5.78 Å². The third kappa shape index (κ3) is 6.04. The number of carbonyl (C=O) groups excluding carboxylic acids is 2. The summed E-state index contributed by atoms with van der Waals surface area (Å²) < 4.78 is 5.04. The first kappa shape index (κ1) is 27.6. The number of rotatable bonds is 12. The second kappa shape index (κ2) is 12.3. The molecule has 0 bridgehead atoms. The standard InChI is InChI=1S/C30H39NO5/c1-6-18(2)12-26-27(15-32)25-14-23(35)10-11-29(25)31-30(26)19(3)13-24(20(4)22-8-7-9-22)28(21(5)34)16-36-17-33/h10-11,13-14,17-18,20,22,32,35H,6-9,12,15-16H2,1-5H3/b19-13+,28-24+. The molecule has 194 valence electrons. The summed E-state index contributed by atoms with van der Waals surface area (Å²) in [6.07, 6.45) is 7.15. The summed E-state index contributed by atoms with van der Waals surface area (Å²) in [6, 6.07) is 5.02. The zero-order valence-electron chi connectivity index (χ0n) is 22.1. The van der Waals surface area contributed by atoms with Crippen LogP contribution in [0, 0.1) is 17.8 Å². The molecule has 0 amide bonds. The van der Waals surface area contributed by atoms with Crippen LogP contribution in [0.4, 0.5) is 0 Å². The highest BCUT2D eigenvalue weighted by atomic mass is 16.5. The Hall–Kier alpha value is -2.99. The molecule has 1 aromatic carbocycles. The van der Waals surface area contributed by atoms with Crippen LogP contribution in [0.15, 0.2) is 35.4 Å². The Morgan fingerprint density at radius 1 is 1.22 bits per heavy atom. The van der Waals surface area contributed by atoms with Gasteiger partial charge >= 0.3 is 0 Å². The summed E-state index contributed by atoms with van der Waals surface area (Å²) in [4.78, 5) is 28.6. The first-order valence-corrected chi connectivity index (χ1v) is 12.9. The average Bonchev–Trinajstić information content (AvgIpc) is 2.81. The molecule has 0 radical (unpaired) electrons. The number of nitrogens with zero attached hydrogens (tertiary/aromatic N) is 1. The summed E-state index contributed by atoms with van der Waals surface area (Å²) in [7, 11) is 0. The van der Waals surface area contributed by atoms with E-state index in [4.69, 9.17) is 9.72 Å². The van der Waals surface area contributed by atoms with Gasteiger partial charge in [-0.1, -0.05) is 39.7 Å². The Morgan fingerprint density at radius 3 is 2.50 bits per heavy atom. The van der Waals surface area contributed by atoms with Crippen LogP contribution < -0.4 is 0 Å². The molecular weight excluding hydrogens is 454 g/mol. The minimum atomic E-state index is -0.165. The van der Waals surface area contributed by atoms with Crippen molar-refractivity contribution in [3.05, 3.63) is 52.2 Å². The topological polar surface area (TPSA) is 96.7 Å². The number of phenolic OH excluding ortho intramolecular Hbond substituents is 1. The van der Waals surface area contributed by atoms with Crippen molar-refractivity contribution in [1.29, 1.82) is 0 Å². The van der Waals surface area contributed by atoms with Crippen LogP contribution in [0.25, 0.3) is 16.5 Å². The van der Waals surface area contributed by atoms with E-state index in [1.165, 1.54) is 13.3 Å². The summed E-state index contributed by atoms with van der Waals surface area (Å²) in [5.74, 6) is 1.01. The monoisotopic (exact) mass is 493 g/mol. The quantitative estimate of drug-likeness (QED) is 0.216.